The lowest BCUT2D eigenvalue weighted by atomic mass is 9.88. The average molecular weight is 330 g/mol. The van der Waals surface area contributed by atoms with Gasteiger partial charge in [0.25, 0.3) is 0 Å². The second-order valence-electron chi connectivity index (χ2n) is 6.65. The van der Waals surface area contributed by atoms with Crippen molar-refractivity contribution in [1.82, 2.24) is 0 Å². The van der Waals surface area contributed by atoms with Crippen molar-refractivity contribution < 1.29 is 19.0 Å². The molecule has 0 aliphatic heterocycles. The molecule has 1 atom stereocenters. The molecule has 0 amide bonds. The summed E-state index contributed by atoms with van der Waals surface area (Å²) in [6, 6.07) is 3.77. The standard InChI is InChI=1S/C20H26O4/c1-22-17-11-9-15(19(23-2)20(17)24-3)12-14-8-10-16(18(14)21)13-6-4-5-7-13/h9,11-13,16H,4-8,10H2,1-3H3/b14-12+/t16-/m0/s1. The molecule has 3 rings (SSSR count). The van der Waals surface area contributed by atoms with Crippen molar-refractivity contribution in [2.45, 2.75) is 38.5 Å². The van der Waals surface area contributed by atoms with Crippen LogP contribution in [-0.2, 0) is 4.79 Å². The molecule has 24 heavy (non-hydrogen) atoms. The highest BCUT2D eigenvalue weighted by Crippen LogP contribution is 2.44. The number of Topliss-reactive ketones (excluding diaryl/α,β-unsaturated/α-hetero) is 1. The Balaban J connectivity index is 1.90. The van der Waals surface area contributed by atoms with Crippen LogP contribution in [0, 0.1) is 11.8 Å². The molecule has 0 spiro atoms. The zero-order valence-corrected chi connectivity index (χ0v) is 14.8. The molecular weight excluding hydrogens is 304 g/mol. The molecule has 0 radical (unpaired) electrons. The highest BCUT2D eigenvalue weighted by Gasteiger charge is 2.36. The van der Waals surface area contributed by atoms with E-state index >= 15 is 0 Å². The number of ether oxygens (including phenoxy) is 3. The average Bonchev–Trinajstić information content (AvgIpc) is 3.24. The summed E-state index contributed by atoms with van der Waals surface area (Å²) >= 11 is 0. The third kappa shape index (κ3) is 3.02. The van der Waals surface area contributed by atoms with E-state index in [0.717, 1.165) is 24.0 Å². The first-order valence-corrected chi connectivity index (χ1v) is 8.73. The largest absolute Gasteiger partial charge is 0.493 e. The van der Waals surface area contributed by atoms with Gasteiger partial charge in [-0.05, 0) is 55.4 Å². The number of carbonyl (C=O) groups excluding carboxylic acids is 1. The molecule has 0 saturated heterocycles. The summed E-state index contributed by atoms with van der Waals surface area (Å²) in [5.41, 5.74) is 1.78. The number of methoxy groups -OCH3 is 3. The number of benzene rings is 1. The van der Waals surface area contributed by atoms with Gasteiger partial charge >= 0.3 is 0 Å². The number of hydrogen-bond acceptors (Lipinski definition) is 4. The molecule has 0 unspecified atom stereocenters. The summed E-state index contributed by atoms with van der Waals surface area (Å²) in [6.45, 7) is 0. The van der Waals surface area contributed by atoms with Crippen LogP contribution in [0.1, 0.15) is 44.1 Å². The first kappa shape index (κ1) is 16.9. The van der Waals surface area contributed by atoms with E-state index in [1.54, 1.807) is 21.3 Å². The van der Waals surface area contributed by atoms with Crippen LogP contribution in [0.4, 0.5) is 0 Å². The van der Waals surface area contributed by atoms with Gasteiger partial charge in [0.2, 0.25) is 5.75 Å². The van der Waals surface area contributed by atoms with E-state index in [2.05, 4.69) is 0 Å². The van der Waals surface area contributed by atoms with Gasteiger partial charge in [-0.1, -0.05) is 12.8 Å². The Morgan fingerprint density at radius 2 is 1.67 bits per heavy atom. The minimum absolute atomic E-state index is 0.227. The van der Waals surface area contributed by atoms with Gasteiger partial charge in [-0.2, -0.15) is 0 Å². The summed E-state index contributed by atoms with van der Waals surface area (Å²) in [4.78, 5) is 12.8. The van der Waals surface area contributed by atoms with E-state index in [1.807, 2.05) is 18.2 Å². The normalized spacial score (nSPS) is 23.0. The van der Waals surface area contributed by atoms with Crippen LogP contribution in [0.5, 0.6) is 17.2 Å². The topological polar surface area (TPSA) is 44.8 Å². The predicted molar refractivity (Wildman–Crippen MR) is 93.8 cm³/mol. The molecule has 4 nitrogen and oxygen atoms in total. The van der Waals surface area contributed by atoms with E-state index in [1.165, 1.54) is 25.7 Å². The zero-order valence-electron chi connectivity index (χ0n) is 14.8. The van der Waals surface area contributed by atoms with E-state index in [-0.39, 0.29) is 5.92 Å². The van der Waals surface area contributed by atoms with Gasteiger partial charge in [0.15, 0.2) is 17.3 Å². The fourth-order valence-corrected chi connectivity index (χ4v) is 4.18. The highest BCUT2D eigenvalue weighted by atomic mass is 16.5. The van der Waals surface area contributed by atoms with Gasteiger partial charge in [0.1, 0.15) is 0 Å². The van der Waals surface area contributed by atoms with Crippen LogP contribution in [0.3, 0.4) is 0 Å². The molecule has 2 saturated carbocycles. The molecule has 1 aromatic carbocycles. The maximum absolute atomic E-state index is 12.8. The van der Waals surface area contributed by atoms with Crippen molar-refractivity contribution in [2.24, 2.45) is 11.8 Å². The van der Waals surface area contributed by atoms with Gasteiger partial charge in [-0.3, -0.25) is 4.79 Å². The Kier molecular flexibility index (Phi) is 5.12. The SMILES string of the molecule is COc1ccc(/C=C2\CC[C@@H](C3CCCC3)C2=O)c(OC)c1OC. The first-order valence-electron chi connectivity index (χ1n) is 8.73. The number of hydrogen-bond donors (Lipinski definition) is 0. The lowest BCUT2D eigenvalue weighted by molar-refractivity contribution is -0.119. The zero-order chi connectivity index (χ0) is 17.1. The number of allylic oxidation sites excluding steroid dienone is 1. The smallest absolute Gasteiger partial charge is 0.203 e. The van der Waals surface area contributed by atoms with Crippen molar-refractivity contribution in [1.29, 1.82) is 0 Å². The molecule has 2 aliphatic rings. The van der Waals surface area contributed by atoms with E-state index in [9.17, 15) is 4.79 Å². The Bertz CT molecular complexity index is 641. The number of carbonyl (C=O) groups is 1. The van der Waals surface area contributed by atoms with Crippen LogP contribution < -0.4 is 14.2 Å². The number of rotatable bonds is 5. The Morgan fingerprint density at radius 3 is 2.29 bits per heavy atom. The van der Waals surface area contributed by atoms with E-state index in [4.69, 9.17) is 14.2 Å². The maximum Gasteiger partial charge on any atom is 0.203 e. The maximum atomic E-state index is 12.8. The van der Waals surface area contributed by atoms with Gasteiger partial charge in [-0.15, -0.1) is 0 Å². The van der Waals surface area contributed by atoms with Crippen molar-refractivity contribution in [2.75, 3.05) is 21.3 Å². The van der Waals surface area contributed by atoms with Crippen molar-refractivity contribution >= 4 is 11.9 Å². The van der Waals surface area contributed by atoms with Crippen LogP contribution in [0.2, 0.25) is 0 Å². The molecule has 2 aliphatic carbocycles. The Morgan fingerprint density at radius 1 is 0.958 bits per heavy atom. The van der Waals surface area contributed by atoms with Crippen molar-refractivity contribution in [3.05, 3.63) is 23.3 Å². The monoisotopic (exact) mass is 330 g/mol. The lowest BCUT2D eigenvalue weighted by Crippen LogP contribution is -2.16. The minimum atomic E-state index is 0.227. The van der Waals surface area contributed by atoms with Gasteiger partial charge in [0.05, 0.1) is 21.3 Å². The third-order valence-electron chi connectivity index (χ3n) is 5.41. The van der Waals surface area contributed by atoms with Crippen LogP contribution in [0.15, 0.2) is 17.7 Å². The molecule has 0 bridgehead atoms. The van der Waals surface area contributed by atoms with E-state index in [0.29, 0.717) is 28.9 Å². The molecule has 0 aromatic heterocycles. The van der Waals surface area contributed by atoms with Gasteiger partial charge in [0, 0.05) is 11.5 Å². The molecule has 0 heterocycles. The summed E-state index contributed by atoms with van der Waals surface area (Å²) in [5, 5.41) is 0. The Labute approximate surface area is 143 Å². The molecule has 1 aromatic rings. The Hall–Kier alpha value is -1.97. The van der Waals surface area contributed by atoms with Crippen LogP contribution >= 0.6 is 0 Å². The molecule has 0 N–H and O–H groups in total. The fraction of sp³-hybridized carbons (Fsp3) is 0.550. The first-order chi connectivity index (χ1) is 11.7. The van der Waals surface area contributed by atoms with Gasteiger partial charge in [-0.25, -0.2) is 0 Å². The minimum Gasteiger partial charge on any atom is -0.493 e. The quantitative estimate of drug-likeness (QED) is 0.757. The fourth-order valence-electron chi connectivity index (χ4n) is 4.18. The highest BCUT2D eigenvalue weighted by molar-refractivity contribution is 6.03. The van der Waals surface area contributed by atoms with Crippen molar-refractivity contribution in [3.8, 4) is 17.2 Å². The second kappa shape index (κ2) is 7.29. The summed E-state index contributed by atoms with van der Waals surface area (Å²) in [6.07, 6.45) is 8.79. The van der Waals surface area contributed by atoms with Crippen LogP contribution in [-0.4, -0.2) is 27.1 Å². The third-order valence-corrected chi connectivity index (χ3v) is 5.41. The van der Waals surface area contributed by atoms with Gasteiger partial charge < -0.3 is 14.2 Å². The summed E-state index contributed by atoms with van der Waals surface area (Å²) in [5.74, 6) is 2.95. The molecule has 2 fully saturated rings. The summed E-state index contributed by atoms with van der Waals surface area (Å²) < 4.78 is 16.3. The lowest BCUT2D eigenvalue weighted by Gasteiger charge is -2.16. The molecule has 130 valence electrons. The second-order valence-corrected chi connectivity index (χ2v) is 6.65. The van der Waals surface area contributed by atoms with Crippen LogP contribution in [0.25, 0.3) is 6.08 Å². The molecular formula is C20H26O4. The van der Waals surface area contributed by atoms with Crippen molar-refractivity contribution in [3.63, 3.8) is 0 Å². The van der Waals surface area contributed by atoms with E-state index < -0.39 is 0 Å². The number of ketones is 1. The molecule has 4 heteroatoms. The predicted octanol–water partition coefficient (Wildman–Crippen LogP) is 4.27. The summed E-state index contributed by atoms with van der Waals surface area (Å²) in [7, 11) is 4.80.